The van der Waals surface area contributed by atoms with Crippen LogP contribution in [0.15, 0.2) is 109 Å². The molecule has 0 aliphatic rings. The molecule has 0 saturated carbocycles. The number of allylic oxidation sites excluding steroid dienone is 18. The van der Waals surface area contributed by atoms with Gasteiger partial charge < -0.3 is 20.1 Å². The molecule has 0 aliphatic heterocycles. The summed E-state index contributed by atoms with van der Waals surface area (Å²) < 4.78 is 33.2. The third-order valence-electron chi connectivity index (χ3n) is 15.2. The number of esters is 2. The van der Waals surface area contributed by atoms with E-state index in [1.165, 1.54) is 193 Å². The number of phosphoric ester groups is 1. The average Bonchev–Trinajstić information content (AvgIpc) is 3.52. The lowest BCUT2D eigenvalue weighted by Crippen LogP contribution is -2.29. The van der Waals surface area contributed by atoms with Crippen molar-refractivity contribution in [2.45, 2.75) is 328 Å². The van der Waals surface area contributed by atoms with E-state index in [1.54, 1.807) is 0 Å². The zero-order valence-corrected chi connectivity index (χ0v) is 56.0. The molecule has 0 aromatic heterocycles. The smallest absolute Gasteiger partial charge is 0.462 e. The van der Waals surface area contributed by atoms with Crippen LogP contribution in [-0.4, -0.2) is 49.3 Å². The second-order valence-corrected chi connectivity index (χ2v) is 24.8. The molecule has 0 amide bonds. The Kier molecular flexibility index (Phi) is 67.0. The highest BCUT2D eigenvalue weighted by molar-refractivity contribution is 7.47. The van der Waals surface area contributed by atoms with Crippen molar-refractivity contribution in [2.75, 3.05) is 26.4 Å². The zero-order chi connectivity index (χ0) is 61.6. The molecule has 0 rings (SSSR count). The summed E-state index contributed by atoms with van der Waals surface area (Å²) in [6.07, 6.45) is 96.1. The van der Waals surface area contributed by atoms with Gasteiger partial charge in [0.15, 0.2) is 6.10 Å². The maximum atomic E-state index is 12.8. The van der Waals surface area contributed by atoms with E-state index >= 15 is 0 Å². The minimum absolute atomic E-state index is 0.0517. The van der Waals surface area contributed by atoms with Gasteiger partial charge in [0, 0.05) is 19.4 Å². The van der Waals surface area contributed by atoms with Gasteiger partial charge in [0.05, 0.1) is 13.2 Å². The number of unbranched alkanes of at least 4 members (excludes halogenated alkanes) is 35. The van der Waals surface area contributed by atoms with Crippen LogP contribution in [-0.2, 0) is 32.7 Å². The summed E-state index contributed by atoms with van der Waals surface area (Å²) in [7, 11) is -4.40. The van der Waals surface area contributed by atoms with Crippen LogP contribution in [0.3, 0.4) is 0 Å². The molecular formula is C75H132NO8P. The second kappa shape index (κ2) is 69.8. The van der Waals surface area contributed by atoms with Crippen molar-refractivity contribution in [1.82, 2.24) is 0 Å². The predicted molar refractivity (Wildman–Crippen MR) is 367 cm³/mol. The van der Waals surface area contributed by atoms with Crippen molar-refractivity contribution < 1.29 is 37.6 Å². The molecule has 2 unspecified atom stereocenters. The first kappa shape index (κ1) is 81.7. The quantitative estimate of drug-likeness (QED) is 0.0264. The van der Waals surface area contributed by atoms with E-state index < -0.39 is 26.5 Å². The van der Waals surface area contributed by atoms with Gasteiger partial charge in [0.2, 0.25) is 0 Å². The van der Waals surface area contributed by atoms with Crippen LogP contribution < -0.4 is 5.73 Å². The zero-order valence-electron chi connectivity index (χ0n) is 55.1. The van der Waals surface area contributed by atoms with E-state index in [4.69, 9.17) is 24.3 Å². The van der Waals surface area contributed by atoms with Crippen molar-refractivity contribution in [2.24, 2.45) is 5.73 Å². The fourth-order valence-corrected chi connectivity index (χ4v) is 10.8. The fraction of sp³-hybridized carbons (Fsp3) is 0.733. The molecule has 0 aliphatic carbocycles. The van der Waals surface area contributed by atoms with Gasteiger partial charge in [-0.3, -0.25) is 18.6 Å². The van der Waals surface area contributed by atoms with Crippen molar-refractivity contribution in [3.05, 3.63) is 109 Å². The average molecular weight is 1210 g/mol. The largest absolute Gasteiger partial charge is 0.472 e. The number of ether oxygens (including phenoxy) is 2. The predicted octanol–water partition coefficient (Wildman–Crippen LogP) is 23.3. The molecule has 0 bridgehead atoms. The lowest BCUT2D eigenvalue weighted by Gasteiger charge is -2.19. The third kappa shape index (κ3) is 69.6. The molecule has 0 aromatic carbocycles. The number of phosphoric acid groups is 1. The minimum Gasteiger partial charge on any atom is -0.462 e. The number of carbonyl (C=O) groups is 2. The van der Waals surface area contributed by atoms with E-state index in [9.17, 15) is 19.0 Å². The van der Waals surface area contributed by atoms with Gasteiger partial charge >= 0.3 is 19.8 Å². The Labute approximate surface area is 524 Å². The van der Waals surface area contributed by atoms with Crippen molar-refractivity contribution >= 4 is 19.8 Å². The Morgan fingerprint density at radius 1 is 0.353 bits per heavy atom. The maximum Gasteiger partial charge on any atom is 0.472 e. The number of rotatable bonds is 66. The van der Waals surface area contributed by atoms with Crippen LogP contribution in [0.25, 0.3) is 0 Å². The molecule has 2 atom stereocenters. The first-order chi connectivity index (χ1) is 41.8. The summed E-state index contributed by atoms with van der Waals surface area (Å²) in [5, 5.41) is 0. The topological polar surface area (TPSA) is 134 Å². The van der Waals surface area contributed by atoms with Crippen LogP contribution in [0.2, 0.25) is 0 Å². The first-order valence-corrected chi connectivity index (χ1v) is 36.9. The Bertz CT molecular complexity index is 1760. The number of carbonyl (C=O) groups excluding carboxylic acids is 2. The Morgan fingerprint density at radius 3 is 0.906 bits per heavy atom. The van der Waals surface area contributed by atoms with Gasteiger partial charge in [-0.15, -0.1) is 0 Å². The molecule has 0 fully saturated rings. The summed E-state index contributed by atoms with van der Waals surface area (Å²) in [4.78, 5) is 35.4. The van der Waals surface area contributed by atoms with Crippen molar-refractivity contribution in [1.29, 1.82) is 0 Å². The number of hydrogen-bond donors (Lipinski definition) is 2. The summed E-state index contributed by atoms with van der Waals surface area (Å²) in [6, 6.07) is 0. The Morgan fingerprint density at radius 2 is 0.612 bits per heavy atom. The second-order valence-electron chi connectivity index (χ2n) is 23.3. The third-order valence-corrected chi connectivity index (χ3v) is 16.1. The minimum atomic E-state index is -4.40. The molecule has 0 aromatic rings. The van der Waals surface area contributed by atoms with Gasteiger partial charge in [-0.2, -0.15) is 0 Å². The summed E-state index contributed by atoms with van der Waals surface area (Å²) in [5.74, 6) is -0.817. The Balaban J connectivity index is 3.85. The standard InChI is InChI=1S/C75H132NO8P/c1-3-5-7-9-11-13-15-17-19-21-23-25-27-29-31-33-34-35-36-37-38-40-42-44-46-48-50-52-54-56-58-60-62-64-66-68-75(78)84-73(72-83-85(79,80)82-70-69-76)71-81-74(77)67-65-63-61-59-57-55-53-51-49-47-45-43-41-39-32-30-28-26-24-22-20-18-16-14-12-10-8-6-4-2/h5-8,11-14,17-20,23-26,29,31,73H,3-4,9-10,15-16,21-22,27-28,30,32-72,76H2,1-2H3,(H,79,80)/b7-5-,8-6-,13-11-,14-12-,19-17-,20-18-,25-23-,26-24-,31-29-. The molecule has 0 radical (unpaired) electrons. The normalized spacial score (nSPS) is 13.6. The molecule has 85 heavy (non-hydrogen) atoms. The summed E-state index contributed by atoms with van der Waals surface area (Å²) in [5.41, 5.74) is 5.40. The van der Waals surface area contributed by atoms with Gasteiger partial charge in [0.1, 0.15) is 6.61 Å². The van der Waals surface area contributed by atoms with Crippen LogP contribution in [0.1, 0.15) is 322 Å². The molecular weight excluding hydrogens is 1070 g/mol. The van der Waals surface area contributed by atoms with Crippen LogP contribution in [0.4, 0.5) is 0 Å². The van der Waals surface area contributed by atoms with Crippen LogP contribution >= 0.6 is 7.82 Å². The molecule has 0 heterocycles. The molecule has 9 nitrogen and oxygen atoms in total. The Hall–Kier alpha value is -3.33. The lowest BCUT2D eigenvalue weighted by molar-refractivity contribution is -0.161. The summed E-state index contributed by atoms with van der Waals surface area (Å²) >= 11 is 0. The van der Waals surface area contributed by atoms with Gasteiger partial charge in [-0.1, -0.05) is 322 Å². The highest BCUT2D eigenvalue weighted by Crippen LogP contribution is 2.43. The lowest BCUT2D eigenvalue weighted by atomic mass is 10.0. The molecule has 10 heteroatoms. The monoisotopic (exact) mass is 1210 g/mol. The molecule has 490 valence electrons. The summed E-state index contributed by atoms with van der Waals surface area (Å²) in [6.45, 7) is 3.56. The van der Waals surface area contributed by atoms with E-state index in [2.05, 4.69) is 123 Å². The first-order valence-electron chi connectivity index (χ1n) is 35.4. The van der Waals surface area contributed by atoms with Gasteiger partial charge in [-0.25, -0.2) is 4.57 Å². The van der Waals surface area contributed by atoms with E-state index in [0.717, 1.165) is 96.3 Å². The number of hydrogen-bond acceptors (Lipinski definition) is 8. The molecule has 3 N–H and O–H groups in total. The van der Waals surface area contributed by atoms with Crippen molar-refractivity contribution in [3.8, 4) is 0 Å². The van der Waals surface area contributed by atoms with Crippen molar-refractivity contribution in [3.63, 3.8) is 0 Å². The van der Waals surface area contributed by atoms with Crippen LogP contribution in [0.5, 0.6) is 0 Å². The van der Waals surface area contributed by atoms with E-state index in [-0.39, 0.29) is 38.6 Å². The highest BCUT2D eigenvalue weighted by atomic mass is 31.2. The van der Waals surface area contributed by atoms with E-state index in [0.29, 0.717) is 6.42 Å². The highest BCUT2D eigenvalue weighted by Gasteiger charge is 2.26. The van der Waals surface area contributed by atoms with Crippen LogP contribution in [0, 0.1) is 0 Å². The van der Waals surface area contributed by atoms with E-state index in [1.807, 2.05) is 0 Å². The molecule has 0 saturated heterocycles. The maximum absolute atomic E-state index is 12.8. The SMILES string of the molecule is CC/C=C\C/C=C\C/C=C\C/C=C\C/C=C\CCCCCCCCCCCCCCCCCCCCCC(=O)OC(COC(=O)CCCCCCCCCCCCCCCCCC/C=C\C/C=C\C/C=C\C/C=C\CC)COP(=O)(O)OCCN. The van der Waals surface area contributed by atoms with Gasteiger partial charge in [0.25, 0.3) is 0 Å². The number of nitrogens with two attached hydrogens (primary N) is 1. The van der Waals surface area contributed by atoms with Gasteiger partial charge in [-0.05, 0) is 96.3 Å². The molecule has 0 spiro atoms. The fourth-order valence-electron chi connectivity index (χ4n) is 10.0.